The Kier molecular flexibility index (Phi) is 5.26. The van der Waals surface area contributed by atoms with E-state index in [4.69, 9.17) is 4.74 Å². The highest BCUT2D eigenvalue weighted by Gasteiger charge is 2.49. The number of phenols is 1. The molecule has 0 radical (unpaired) electrons. The largest absolute Gasteiger partial charge is 0.504 e. The first kappa shape index (κ1) is 16.2. The van der Waals surface area contributed by atoms with Crippen LogP contribution in [-0.2, 0) is 9.53 Å². The predicted molar refractivity (Wildman–Crippen MR) is 65.8 cm³/mol. The molecule has 7 heteroatoms. The lowest BCUT2D eigenvalue weighted by molar-refractivity contribution is -0.189. The molecule has 1 aromatic rings. The molecule has 0 bridgehead atoms. The first-order chi connectivity index (χ1) is 9.34. The fraction of sp³-hybridized carbons (Fsp3) is 0.462. The van der Waals surface area contributed by atoms with Gasteiger partial charge in [-0.05, 0) is 31.5 Å². The van der Waals surface area contributed by atoms with Crippen molar-refractivity contribution >= 4 is 5.97 Å². The van der Waals surface area contributed by atoms with Crippen LogP contribution in [0.25, 0.3) is 0 Å². The summed E-state index contributed by atoms with van der Waals surface area (Å²) in [5.41, 5.74) is -0.260. The molecule has 0 heterocycles. The quantitative estimate of drug-likeness (QED) is 0.784. The molecule has 1 aromatic carbocycles. The second-order valence-corrected chi connectivity index (χ2v) is 3.91. The van der Waals surface area contributed by atoms with Crippen LogP contribution in [0.1, 0.15) is 25.5 Å². The summed E-state index contributed by atoms with van der Waals surface area (Å²) < 4.78 is 36.6. The number of esters is 1. The van der Waals surface area contributed by atoms with Crippen LogP contribution in [0, 0.1) is 0 Å². The molecule has 20 heavy (non-hydrogen) atoms. The maximum absolute atomic E-state index is 13.7. The minimum Gasteiger partial charge on any atom is -0.504 e. The van der Waals surface area contributed by atoms with Crippen LogP contribution in [0.5, 0.6) is 11.5 Å². The van der Waals surface area contributed by atoms with Gasteiger partial charge in [0.15, 0.2) is 17.6 Å². The summed E-state index contributed by atoms with van der Waals surface area (Å²) >= 11 is 0. The van der Waals surface area contributed by atoms with Crippen LogP contribution in [0.4, 0.5) is 8.78 Å². The summed E-state index contributed by atoms with van der Waals surface area (Å²) in [6, 6.07) is 3.23. The Morgan fingerprint density at radius 1 is 1.35 bits per heavy atom. The van der Waals surface area contributed by atoms with E-state index in [0.29, 0.717) is 0 Å². The molecule has 0 spiro atoms. The van der Waals surface area contributed by atoms with Crippen molar-refractivity contribution in [2.24, 2.45) is 0 Å². The Labute approximate surface area is 114 Å². The van der Waals surface area contributed by atoms with Crippen molar-refractivity contribution < 1.29 is 33.3 Å². The van der Waals surface area contributed by atoms with E-state index in [2.05, 4.69) is 4.74 Å². The number of phenolic OH excluding ortho intramolecular Hbond substituents is 1. The first-order valence-electron chi connectivity index (χ1n) is 6.03. The van der Waals surface area contributed by atoms with Crippen LogP contribution in [0.2, 0.25) is 0 Å². The van der Waals surface area contributed by atoms with Gasteiger partial charge in [0, 0.05) is 0 Å². The van der Waals surface area contributed by atoms with Gasteiger partial charge in [0.25, 0.3) is 0 Å². The number of hydrogen-bond donors (Lipinski definition) is 2. The minimum atomic E-state index is -4.09. The molecule has 1 rings (SSSR count). The van der Waals surface area contributed by atoms with E-state index < -0.39 is 18.0 Å². The summed E-state index contributed by atoms with van der Waals surface area (Å²) in [5.74, 6) is -6.19. The third-order valence-corrected chi connectivity index (χ3v) is 2.49. The molecule has 1 atom stereocenters. The number of benzene rings is 1. The molecule has 2 N–H and O–H groups in total. The number of aliphatic hydroxyl groups excluding tert-OH is 1. The molecule has 0 fully saturated rings. The topological polar surface area (TPSA) is 76.0 Å². The highest BCUT2D eigenvalue weighted by Crippen LogP contribution is 2.36. The fourth-order valence-corrected chi connectivity index (χ4v) is 1.52. The molecule has 0 aliphatic carbocycles. The Morgan fingerprint density at radius 3 is 2.55 bits per heavy atom. The van der Waals surface area contributed by atoms with Crippen molar-refractivity contribution in [3.05, 3.63) is 23.8 Å². The number of halogens is 2. The van der Waals surface area contributed by atoms with Gasteiger partial charge in [0.2, 0.25) is 0 Å². The van der Waals surface area contributed by atoms with Crippen molar-refractivity contribution in [1.82, 2.24) is 0 Å². The second kappa shape index (κ2) is 6.51. The van der Waals surface area contributed by atoms with Gasteiger partial charge in [-0.25, -0.2) is 4.79 Å². The molecule has 0 aromatic heterocycles. The van der Waals surface area contributed by atoms with Gasteiger partial charge in [-0.2, -0.15) is 8.78 Å². The van der Waals surface area contributed by atoms with Crippen molar-refractivity contribution in [3.8, 4) is 11.5 Å². The third-order valence-electron chi connectivity index (χ3n) is 2.49. The van der Waals surface area contributed by atoms with E-state index >= 15 is 0 Å². The van der Waals surface area contributed by atoms with Crippen molar-refractivity contribution in [1.29, 1.82) is 0 Å². The van der Waals surface area contributed by atoms with E-state index in [0.717, 1.165) is 18.2 Å². The Balaban J connectivity index is 3.04. The predicted octanol–water partition coefficient (Wildman–Crippen LogP) is 2.02. The van der Waals surface area contributed by atoms with Gasteiger partial charge in [0.05, 0.1) is 13.2 Å². The standard InChI is InChI=1S/C13H16F2O5/c1-3-19-10-7-8(5-6-9(10)16)11(17)13(14,15)12(18)20-4-2/h5-7,11,16-17H,3-4H2,1-2H3. The monoisotopic (exact) mass is 290 g/mol. The summed E-state index contributed by atoms with van der Waals surface area (Å²) in [4.78, 5) is 11.1. The average Bonchev–Trinajstić information content (AvgIpc) is 2.41. The van der Waals surface area contributed by atoms with Crippen LogP contribution in [0.3, 0.4) is 0 Å². The molecular formula is C13H16F2O5. The molecule has 1 unspecified atom stereocenters. The first-order valence-corrected chi connectivity index (χ1v) is 6.03. The maximum atomic E-state index is 13.7. The molecular weight excluding hydrogens is 274 g/mol. The number of hydrogen-bond acceptors (Lipinski definition) is 5. The smallest absolute Gasteiger partial charge is 0.380 e. The van der Waals surface area contributed by atoms with E-state index in [1.54, 1.807) is 6.92 Å². The van der Waals surface area contributed by atoms with Crippen LogP contribution < -0.4 is 4.74 Å². The molecule has 0 saturated heterocycles. The van der Waals surface area contributed by atoms with Gasteiger partial charge in [0.1, 0.15) is 0 Å². The van der Waals surface area contributed by atoms with Gasteiger partial charge < -0.3 is 19.7 Å². The van der Waals surface area contributed by atoms with Crippen LogP contribution in [-0.4, -0.2) is 35.3 Å². The fourth-order valence-electron chi connectivity index (χ4n) is 1.52. The maximum Gasteiger partial charge on any atom is 0.380 e. The Bertz CT molecular complexity index is 476. The van der Waals surface area contributed by atoms with Gasteiger partial charge >= 0.3 is 11.9 Å². The van der Waals surface area contributed by atoms with Crippen molar-refractivity contribution in [2.75, 3.05) is 13.2 Å². The molecule has 112 valence electrons. The minimum absolute atomic E-state index is 0.0521. The third kappa shape index (κ3) is 3.36. The number of carbonyl (C=O) groups is 1. The molecule has 5 nitrogen and oxygen atoms in total. The zero-order valence-corrected chi connectivity index (χ0v) is 11.1. The summed E-state index contributed by atoms with van der Waals surface area (Å²) in [5, 5.41) is 19.1. The normalized spacial score (nSPS) is 12.8. The highest BCUT2D eigenvalue weighted by atomic mass is 19.3. The second-order valence-electron chi connectivity index (χ2n) is 3.91. The SMILES string of the molecule is CCOC(=O)C(F)(F)C(O)c1ccc(O)c(OCC)c1. The Hall–Kier alpha value is -1.89. The van der Waals surface area contributed by atoms with Crippen molar-refractivity contribution in [3.63, 3.8) is 0 Å². The molecule has 0 aliphatic heterocycles. The van der Waals surface area contributed by atoms with E-state index in [1.165, 1.54) is 6.92 Å². The highest BCUT2D eigenvalue weighted by molar-refractivity contribution is 5.78. The van der Waals surface area contributed by atoms with Crippen LogP contribution in [0.15, 0.2) is 18.2 Å². The van der Waals surface area contributed by atoms with Crippen molar-refractivity contribution in [2.45, 2.75) is 25.9 Å². The van der Waals surface area contributed by atoms with E-state index in [1.807, 2.05) is 0 Å². The van der Waals surface area contributed by atoms with E-state index in [-0.39, 0.29) is 30.3 Å². The average molecular weight is 290 g/mol. The number of carbonyl (C=O) groups excluding carboxylic acids is 1. The summed E-state index contributed by atoms with van der Waals surface area (Å²) in [7, 11) is 0. The number of aliphatic hydroxyl groups is 1. The number of ether oxygens (including phenoxy) is 2. The number of aromatic hydroxyl groups is 1. The summed E-state index contributed by atoms with van der Waals surface area (Å²) in [6.45, 7) is 3.02. The number of alkyl halides is 2. The van der Waals surface area contributed by atoms with E-state index in [9.17, 15) is 23.8 Å². The molecule has 0 aliphatic rings. The van der Waals surface area contributed by atoms with Gasteiger partial charge in [-0.3, -0.25) is 0 Å². The zero-order valence-electron chi connectivity index (χ0n) is 11.1. The summed E-state index contributed by atoms with van der Waals surface area (Å²) in [6.07, 6.45) is -2.39. The molecule has 0 amide bonds. The molecule has 0 saturated carbocycles. The lowest BCUT2D eigenvalue weighted by Crippen LogP contribution is -2.37. The van der Waals surface area contributed by atoms with Gasteiger partial charge in [-0.15, -0.1) is 0 Å². The lowest BCUT2D eigenvalue weighted by atomic mass is 10.0. The zero-order chi connectivity index (χ0) is 15.3. The Morgan fingerprint density at radius 2 is 2.00 bits per heavy atom. The lowest BCUT2D eigenvalue weighted by Gasteiger charge is -2.21. The van der Waals surface area contributed by atoms with Crippen LogP contribution >= 0.6 is 0 Å². The number of rotatable bonds is 6. The van der Waals surface area contributed by atoms with Gasteiger partial charge in [-0.1, -0.05) is 6.07 Å².